The van der Waals surface area contributed by atoms with E-state index in [0.29, 0.717) is 18.5 Å². The molecule has 0 aliphatic heterocycles. The molecule has 1 amide bonds. The molecular formula is C14H20N2OS. The molecule has 3 N–H and O–H groups in total. The highest BCUT2D eigenvalue weighted by atomic mass is 32.1. The van der Waals surface area contributed by atoms with Crippen molar-refractivity contribution in [3.05, 3.63) is 21.4 Å². The number of carbonyl (C=O) groups excluding carboxylic acids is 1. The van der Waals surface area contributed by atoms with Crippen molar-refractivity contribution < 1.29 is 4.79 Å². The second-order valence-corrected chi connectivity index (χ2v) is 6.56. The first-order valence-corrected chi connectivity index (χ1v) is 7.72. The van der Waals surface area contributed by atoms with Crippen LogP contribution in [0.15, 0.2) is 6.07 Å². The van der Waals surface area contributed by atoms with Gasteiger partial charge in [0.05, 0.1) is 4.88 Å². The summed E-state index contributed by atoms with van der Waals surface area (Å²) in [5.41, 5.74) is 7.14. The summed E-state index contributed by atoms with van der Waals surface area (Å²) >= 11 is 1.68. The molecule has 2 aliphatic rings. The number of hydrogen-bond acceptors (Lipinski definition) is 3. The summed E-state index contributed by atoms with van der Waals surface area (Å²) in [5.74, 6) is 0.584. The van der Waals surface area contributed by atoms with Gasteiger partial charge < -0.3 is 11.1 Å². The summed E-state index contributed by atoms with van der Waals surface area (Å²) < 4.78 is 0. The maximum Gasteiger partial charge on any atom is 0.261 e. The zero-order valence-corrected chi connectivity index (χ0v) is 11.4. The molecule has 2 aliphatic carbocycles. The normalized spacial score (nSPS) is 26.3. The van der Waals surface area contributed by atoms with Gasteiger partial charge in [-0.1, -0.05) is 6.42 Å². The lowest BCUT2D eigenvalue weighted by Gasteiger charge is -2.18. The molecule has 1 saturated carbocycles. The fraction of sp³-hybridized carbons (Fsp3) is 0.643. The van der Waals surface area contributed by atoms with E-state index in [1.807, 2.05) is 0 Å². The van der Waals surface area contributed by atoms with E-state index < -0.39 is 0 Å². The van der Waals surface area contributed by atoms with Crippen molar-refractivity contribution >= 4 is 17.2 Å². The van der Waals surface area contributed by atoms with Gasteiger partial charge in [0.25, 0.3) is 5.91 Å². The van der Waals surface area contributed by atoms with Crippen LogP contribution in [-0.2, 0) is 12.8 Å². The van der Waals surface area contributed by atoms with Gasteiger partial charge in [-0.3, -0.25) is 4.79 Å². The number of nitrogens with two attached hydrogens (primary N) is 1. The Morgan fingerprint density at radius 2 is 2.28 bits per heavy atom. The largest absolute Gasteiger partial charge is 0.348 e. The van der Waals surface area contributed by atoms with Crippen LogP contribution in [0.4, 0.5) is 0 Å². The molecule has 3 nitrogen and oxygen atoms in total. The molecule has 1 fully saturated rings. The number of nitrogens with one attached hydrogen (secondary N) is 1. The van der Waals surface area contributed by atoms with Crippen molar-refractivity contribution in [1.82, 2.24) is 5.32 Å². The van der Waals surface area contributed by atoms with Crippen molar-refractivity contribution in [1.29, 1.82) is 0 Å². The van der Waals surface area contributed by atoms with E-state index in [1.165, 1.54) is 23.3 Å². The average Bonchev–Trinajstić information content (AvgIpc) is 3.02. The third-order valence-electron chi connectivity index (χ3n) is 4.25. The van der Waals surface area contributed by atoms with E-state index in [0.717, 1.165) is 30.6 Å². The minimum Gasteiger partial charge on any atom is -0.348 e. The Morgan fingerprint density at radius 1 is 1.39 bits per heavy atom. The highest BCUT2D eigenvalue weighted by Crippen LogP contribution is 2.31. The SMILES string of the molecule is NCC1CCCC1NC(=O)c1cc2c(s1)CCC2. The van der Waals surface area contributed by atoms with Crippen molar-refractivity contribution in [2.75, 3.05) is 6.54 Å². The van der Waals surface area contributed by atoms with E-state index in [9.17, 15) is 4.79 Å². The second kappa shape index (κ2) is 5.02. The van der Waals surface area contributed by atoms with Gasteiger partial charge in [0.1, 0.15) is 0 Å². The van der Waals surface area contributed by atoms with Gasteiger partial charge in [-0.2, -0.15) is 0 Å². The Labute approximate surface area is 112 Å². The maximum atomic E-state index is 12.2. The summed E-state index contributed by atoms with van der Waals surface area (Å²) in [4.78, 5) is 14.5. The van der Waals surface area contributed by atoms with Gasteiger partial charge in [-0.05, 0) is 56.2 Å². The first-order valence-electron chi connectivity index (χ1n) is 6.90. The fourth-order valence-corrected chi connectivity index (χ4v) is 4.35. The molecule has 0 radical (unpaired) electrons. The molecule has 0 spiro atoms. The first-order chi connectivity index (χ1) is 8.78. The van der Waals surface area contributed by atoms with E-state index in [4.69, 9.17) is 5.73 Å². The number of hydrogen-bond donors (Lipinski definition) is 2. The maximum absolute atomic E-state index is 12.2. The topological polar surface area (TPSA) is 55.1 Å². The van der Waals surface area contributed by atoms with Crippen LogP contribution >= 0.6 is 11.3 Å². The summed E-state index contributed by atoms with van der Waals surface area (Å²) in [7, 11) is 0. The zero-order chi connectivity index (χ0) is 12.5. The molecule has 2 atom stereocenters. The van der Waals surface area contributed by atoms with E-state index in [-0.39, 0.29) is 5.91 Å². The van der Waals surface area contributed by atoms with Crippen molar-refractivity contribution in [2.45, 2.75) is 44.6 Å². The van der Waals surface area contributed by atoms with Gasteiger partial charge in [-0.15, -0.1) is 11.3 Å². The summed E-state index contributed by atoms with van der Waals surface area (Å²) in [6.45, 7) is 0.686. The lowest BCUT2D eigenvalue weighted by molar-refractivity contribution is 0.0933. The molecule has 1 heterocycles. The highest BCUT2D eigenvalue weighted by molar-refractivity contribution is 7.14. The van der Waals surface area contributed by atoms with E-state index in [1.54, 1.807) is 11.3 Å². The molecular weight excluding hydrogens is 244 g/mol. The quantitative estimate of drug-likeness (QED) is 0.878. The standard InChI is InChI=1S/C14H20N2OS/c15-8-10-4-1-5-11(10)16-14(17)13-7-9-3-2-6-12(9)18-13/h7,10-11H,1-6,8,15H2,(H,16,17). The molecule has 0 bridgehead atoms. The van der Waals surface area contributed by atoms with Crippen LogP contribution in [-0.4, -0.2) is 18.5 Å². The van der Waals surface area contributed by atoms with Gasteiger partial charge >= 0.3 is 0 Å². The Hall–Kier alpha value is -0.870. The van der Waals surface area contributed by atoms with Crippen LogP contribution in [0.3, 0.4) is 0 Å². The van der Waals surface area contributed by atoms with E-state index >= 15 is 0 Å². The number of rotatable bonds is 3. The lowest BCUT2D eigenvalue weighted by atomic mass is 10.0. The number of fused-ring (bicyclic) bond motifs is 1. The summed E-state index contributed by atoms with van der Waals surface area (Å²) in [6, 6.07) is 2.38. The number of thiophene rings is 1. The van der Waals surface area contributed by atoms with Crippen molar-refractivity contribution in [2.24, 2.45) is 11.7 Å². The van der Waals surface area contributed by atoms with Gasteiger partial charge in [0.15, 0.2) is 0 Å². The third kappa shape index (κ3) is 2.19. The Balaban J connectivity index is 1.67. The minimum absolute atomic E-state index is 0.111. The molecule has 2 unspecified atom stereocenters. The monoisotopic (exact) mass is 264 g/mol. The number of amides is 1. The Morgan fingerprint density at radius 3 is 3.06 bits per heavy atom. The summed E-state index contributed by atoms with van der Waals surface area (Å²) in [6.07, 6.45) is 6.98. The molecule has 0 saturated heterocycles. The minimum atomic E-state index is 0.111. The van der Waals surface area contributed by atoms with Crippen LogP contribution in [0.1, 0.15) is 45.8 Å². The first kappa shape index (κ1) is 12.2. The number of carbonyl (C=O) groups is 1. The molecule has 18 heavy (non-hydrogen) atoms. The molecule has 0 aromatic carbocycles. The van der Waals surface area contributed by atoms with Gasteiger partial charge in [-0.25, -0.2) is 0 Å². The van der Waals surface area contributed by atoms with Crippen LogP contribution in [0.5, 0.6) is 0 Å². The second-order valence-electron chi connectivity index (χ2n) is 5.42. The molecule has 1 aromatic heterocycles. The molecule has 1 aromatic rings. The van der Waals surface area contributed by atoms with E-state index in [2.05, 4.69) is 11.4 Å². The van der Waals surface area contributed by atoms with Crippen LogP contribution in [0, 0.1) is 5.92 Å². The molecule has 4 heteroatoms. The van der Waals surface area contributed by atoms with Gasteiger partial charge in [0, 0.05) is 10.9 Å². The zero-order valence-electron chi connectivity index (χ0n) is 10.6. The lowest BCUT2D eigenvalue weighted by Crippen LogP contribution is -2.39. The molecule has 3 rings (SSSR count). The number of aryl methyl sites for hydroxylation is 2. The van der Waals surface area contributed by atoms with Crippen LogP contribution < -0.4 is 11.1 Å². The fourth-order valence-electron chi connectivity index (χ4n) is 3.19. The van der Waals surface area contributed by atoms with Crippen molar-refractivity contribution in [3.63, 3.8) is 0 Å². The highest BCUT2D eigenvalue weighted by Gasteiger charge is 2.28. The van der Waals surface area contributed by atoms with Crippen LogP contribution in [0.25, 0.3) is 0 Å². The molecule has 98 valence electrons. The Bertz CT molecular complexity index is 433. The van der Waals surface area contributed by atoms with Crippen LogP contribution in [0.2, 0.25) is 0 Å². The predicted molar refractivity (Wildman–Crippen MR) is 74.0 cm³/mol. The smallest absolute Gasteiger partial charge is 0.261 e. The Kier molecular flexibility index (Phi) is 3.39. The summed E-state index contributed by atoms with van der Waals surface area (Å²) in [5, 5.41) is 3.18. The predicted octanol–water partition coefficient (Wildman–Crippen LogP) is 2.09. The average molecular weight is 264 g/mol. The van der Waals surface area contributed by atoms with Gasteiger partial charge in [0.2, 0.25) is 0 Å². The third-order valence-corrected chi connectivity index (χ3v) is 5.48. The van der Waals surface area contributed by atoms with Crippen molar-refractivity contribution in [3.8, 4) is 0 Å².